The average Bonchev–Trinajstić information content (AvgIpc) is 2.82. The molecule has 2 aliphatic heterocycles. The molecule has 2 bridgehead atoms. The first-order valence-corrected chi connectivity index (χ1v) is 8.94. The maximum atomic E-state index is 14.3. The molecule has 1 saturated heterocycles. The molecule has 0 N–H and O–H groups in total. The lowest BCUT2D eigenvalue weighted by Crippen LogP contribution is -2.38. The van der Waals surface area contributed by atoms with Crippen LogP contribution in [0.25, 0.3) is 0 Å². The van der Waals surface area contributed by atoms with Gasteiger partial charge in [0, 0.05) is 18.6 Å². The van der Waals surface area contributed by atoms with Crippen LogP contribution in [-0.4, -0.2) is 17.0 Å². The van der Waals surface area contributed by atoms with Gasteiger partial charge in [-0.25, -0.2) is 4.39 Å². The Labute approximate surface area is 143 Å². The highest BCUT2D eigenvalue weighted by atomic mass is 19.1. The minimum atomic E-state index is -0.0301. The fourth-order valence-electron chi connectivity index (χ4n) is 4.27. The summed E-state index contributed by atoms with van der Waals surface area (Å²) in [5, 5.41) is 0. The molecule has 2 aromatic rings. The highest BCUT2D eigenvalue weighted by molar-refractivity contribution is 5.31. The first-order chi connectivity index (χ1) is 11.7. The number of benzene rings is 2. The predicted molar refractivity (Wildman–Crippen MR) is 96.3 cm³/mol. The van der Waals surface area contributed by atoms with Gasteiger partial charge in [-0.05, 0) is 49.3 Å². The monoisotopic (exact) mass is 321 g/mol. The summed E-state index contributed by atoms with van der Waals surface area (Å²) in [6.45, 7) is 2.87. The quantitative estimate of drug-likeness (QED) is 0.713. The van der Waals surface area contributed by atoms with E-state index in [4.69, 9.17) is 0 Å². The third-order valence-corrected chi connectivity index (χ3v) is 5.51. The Bertz CT molecular complexity index is 750. The number of halogens is 1. The van der Waals surface area contributed by atoms with Crippen molar-refractivity contribution in [2.45, 2.75) is 51.2 Å². The zero-order chi connectivity index (χ0) is 16.5. The van der Waals surface area contributed by atoms with Crippen LogP contribution in [-0.2, 0) is 13.0 Å². The van der Waals surface area contributed by atoms with E-state index in [0.717, 1.165) is 30.5 Å². The molecule has 1 fully saturated rings. The van der Waals surface area contributed by atoms with Gasteiger partial charge >= 0.3 is 0 Å². The molecule has 0 spiro atoms. The van der Waals surface area contributed by atoms with E-state index < -0.39 is 0 Å². The van der Waals surface area contributed by atoms with Gasteiger partial charge < -0.3 is 0 Å². The van der Waals surface area contributed by atoms with Crippen LogP contribution in [0.1, 0.15) is 36.0 Å². The summed E-state index contributed by atoms with van der Waals surface area (Å²) >= 11 is 0. The first kappa shape index (κ1) is 15.6. The SMILES string of the molecule is Cc1cccc(CC2=CC3CCC(C2)N3Cc2ccccc2)c1F. The summed E-state index contributed by atoms with van der Waals surface area (Å²) in [4.78, 5) is 2.63. The van der Waals surface area contributed by atoms with Crippen molar-refractivity contribution in [3.8, 4) is 0 Å². The Morgan fingerprint density at radius 1 is 1.04 bits per heavy atom. The Hall–Kier alpha value is -1.93. The molecule has 2 heteroatoms. The van der Waals surface area contributed by atoms with E-state index in [2.05, 4.69) is 41.3 Å². The van der Waals surface area contributed by atoms with E-state index in [1.54, 1.807) is 0 Å². The molecule has 4 rings (SSSR count). The number of fused-ring (bicyclic) bond motifs is 2. The fourth-order valence-corrected chi connectivity index (χ4v) is 4.27. The van der Waals surface area contributed by atoms with Gasteiger partial charge in [-0.15, -0.1) is 0 Å². The fraction of sp³-hybridized carbons (Fsp3) is 0.364. The Balaban J connectivity index is 1.50. The molecule has 0 saturated carbocycles. The molecule has 2 unspecified atom stereocenters. The molecule has 1 nitrogen and oxygen atoms in total. The Morgan fingerprint density at radius 2 is 1.88 bits per heavy atom. The predicted octanol–water partition coefficient (Wildman–Crippen LogP) is 5.04. The molecule has 2 heterocycles. The highest BCUT2D eigenvalue weighted by Gasteiger charge is 2.36. The van der Waals surface area contributed by atoms with E-state index in [9.17, 15) is 4.39 Å². The summed E-state index contributed by atoms with van der Waals surface area (Å²) < 4.78 is 14.3. The number of hydrogen-bond donors (Lipinski definition) is 0. The van der Waals surface area contributed by atoms with Gasteiger partial charge in [-0.3, -0.25) is 4.90 Å². The molecule has 0 amide bonds. The van der Waals surface area contributed by atoms with Crippen LogP contribution >= 0.6 is 0 Å². The minimum absolute atomic E-state index is 0.0301. The topological polar surface area (TPSA) is 3.24 Å². The lowest BCUT2D eigenvalue weighted by Gasteiger charge is -2.34. The van der Waals surface area contributed by atoms with Gasteiger partial charge in [0.05, 0.1) is 0 Å². The summed E-state index contributed by atoms with van der Waals surface area (Å²) in [5.41, 5.74) is 4.39. The maximum Gasteiger partial charge on any atom is 0.129 e. The summed E-state index contributed by atoms with van der Waals surface area (Å²) in [5.74, 6) is -0.0301. The largest absolute Gasteiger partial charge is 0.289 e. The van der Waals surface area contributed by atoms with Crippen LogP contribution in [0.15, 0.2) is 60.2 Å². The molecular formula is C22H24FN. The number of hydrogen-bond acceptors (Lipinski definition) is 1. The minimum Gasteiger partial charge on any atom is -0.289 e. The van der Waals surface area contributed by atoms with E-state index in [0.29, 0.717) is 12.1 Å². The number of aryl methyl sites for hydroxylation is 1. The van der Waals surface area contributed by atoms with Gasteiger partial charge in [-0.1, -0.05) is 60.2 Å². The van der Waals surface area contributed by atoms with Crippen molar-refractivity contribution >= 4 is 0 Å². The third-order valence-electron chi connectivity index (χ3n) is 5.51. The molecule has 24 heavy (non-hydrogen) atoms. The number of nitrogens with zero attached hydrogens (tertiary/aromatic N) is 1. The Morgan fingerprint density at radius 3 is 2.67 bits per heavy atom. The van der Waals surface area contributed by atoms with Gasteiger partial charge in [0.1, 0.15) is 5.82 Å². The van der Waals surface area contributed by atoms with Crippen molar-refractivity contribution in [1.82, 2.24) is 4.90 Å². The average molecular weight is 321 g/mol. The first-order valence-electron chi connectivity index (χ1n) is 8.94. The van der Waals surface area contributed by atoms with Gasteiger partial charge in [0.2, 0.25) is 0 Å². The van der Waals surface area contributed by atoms with Crippen LogP contribution in [0.4, 0.5) is 4.39 Å². The lowest BCUT2D eigenvalue weighted by atomic mass is 9.94. The van der Waals surface area contributed by atoms with Crippen molar-refractivity contribution in [3.63, 3.8) is 0 Å². The molecule has 0 aromatic heterocycles. The van der Waals surface area contributed by atoms with Crippen LogP contribution < -0.4 is 0 Å². The Kier molecular flexibility index (Phi) is 4.24. The summed E-state index contributed by atoms with van der Waals surface area (Å²) in [6, 6.07) is 17.6. The number of rotatable bonds is 4. The second kappa shape index (κ2) is 6.52. The van der Waals surface area contributed by atoms with Crippen molar-refractivity contribution in [2.24, 2.45) is 0 Å². The van der Waals surface area contributed by atoms with Gasteiger partial charge in [0.25, 0.3) is 0 Å². The lowest BCUT2D eigenvalue weighted by molar-refractivity contribution is 0.194. The molecular weight excluding hydrogens is 297 g/mol. The smallest absolute Gasteiger partial charge is 0.129 e. The molecule has 2 aromatic carbocycles. The normalized spacial score (nSPS) is 23.3. The maximum absolute atomic E-state index is 14.3. The second-order valence-corrected chi connectivity index (χ2v) is 7.21. The van der Waals surface area contributed by atoms with Crippen LogP contribution in [0.3, 0.4) is 0 Å². The van der Waals surface area contributed by atoms with E-state index in [1.165, 1.54) is 24.0 Å². The standard InChI is InChI=1S/C22H24FN/c1-16-6-5-9-19(22(16)23)12-18-13-20-10-11-21(14-18)24(20)15-17-7-3-2-4-8-17/h2-9,13,20-21H,10-12,14-15H2,1H3. The zero-order valence-electron chi connectivity index (χ0n) is 14.2. The molecule has 0 aliphatic carbocycles. The van der Waals surface area contributed by atoms with E-state index >= 15 is 0 Å². The zero-order valence-corrected chi connectivity index (χ0v) is 14.2. The molecule has 2 atom stereocenters. The van der Waals surface area contributed by atoms with Crippen LogP contribution in [0, 0.1) is 12.7 Å². The van der Waals surface area contributed by atoms with Crippen LogP contribution in [0.2, 0.25) is 0 Å². The molecule has 2 aliphatic rings. The third kappa shape index (κ3) is 3.03. The van der Waals surface area contributed by atoms with Crippen molar-refractivity contribution in [2.75, 3.05) is 0 Å². The summed E-state index contributed by atoms with van der Waals surface area (Å²) in [6.07, 6.45) is 6.75. The summed E-state index contributed by atoms with van der Waals surface area (Å²) in [7, 11) is 0. The van der Waals surface area contributed by atoms with Crippen molar-refractivity contribution in [3.05, 3.63) is 82.7 Å². The van der Waals surface area contributed by atoms with Gasteiger partial charge in [-0.2, -0.15) is 0 Å². The van der Waals surface area contributed by atoms with Crippen molar-refractivity contribution in [1.29, 1.82) is 0 Å². The van der Waals surface area contributed by atoms with Crippen molar-refractivity contribution < 1.29 is 4.39 Å². The van der Waals surface area contributed by atoms with E-state index in [1.807, 2.05) is 25.1 Å². The molecule has 0 radical (unpaired) electrons. The van der Waals surface area contributed by atoms with Gasteiger partial charge in [0.15, 0.2) is 0 Å². The second-order valence-electron chi connectivity index (χ2n) is 7.21. The molecule has 124 valence electrons. The van der Waals surface area contributed by atoms with E-state index in [-0.39, 0.29) is 5.82 Å². The highest BCUT2D eigenvalue weighted by Crippen LogP contribution is 2.37. The van der Waals surface area contributed by atoms with Crippen LogP contribution in [0.5, 0.6) is 0 Å².